The van der Waals surface area contributed by atoms with Crippen LogP contribution in [0.2, 0.25) is 0 Å². The van der Waals surface area contributed by atoms with Crippen LogP contribution in [0.25, 0.3) is 0 Å². The Morgan fingerprint density at radius 3 is 2.65 bits per heavy atom. The van der Waals surface area contributed by atoms with Crippen LogP contribution < -0.4 is 0 Å². The monoisotopic (exact) mass is 239 g/mol. The van der Waals surface area contributed by atoms with Gasteiger partial charge in [0.05, 0.1) is 0 Å². The fourth-order valence-electron chi connectivity index (χ4n) is 2.99. The summed E-state index contributed by atoms with van der Waals surface area (Å²) in [6.45, 7) is 7.22. The van der Waals surface area contributed by atoms with Gasteiger partial charge in [-0.15, -0.1) is 0 Å². The van der Waals surface area contributed by atoms with Gasteiger partial charge in [-0.3, -0.25) is 4.79 Å². The van der Waals surface area contributed by atoms with Crippen LogP contribution in [0.3, 0.4) is 0 Å². The molecule has 2 aliphatic rings. The molecular weight excluding hydrogens is 214 g/mol. The molecule has 98 valence electrons. The van der Waals surface area contributed by atoms with E-state index in [0.717, 1.165) is 57.2 Å². The molecular formula is C14H25NO2. The Labute approximate surface area is 105 Å². The predicted octanol–water partition coefficient (Wildman–Crippen LogP) is 2.45. The largest absolute Gasteiger partial charge is 0.368 e. The van der Waals surface area contributed by atoms with E-state index in [4.69, 9.17) is 4.74 Å². The van der Waals surface area contributed by atoms with Crippen molar-refractivity contribution in [2.75, 3.05) is 19.7 Å². The van der Waals surface area contributed by atoms with E-state index < -0.39 is 0 Å². The van der Waals surface area contributed by atoms with E-state index in [1.807, 2.05) is 4.90 Å². The minimum atomic E-state index is -0.134. The molecule has 0 N–H and O–H groups in total. The Bertz CT molecular complexity index is 259. The molecule has 0 aromatic carbocycles. The summed E-state index contributed by atoms with van der Waals surface area (Å²) in [5, 5.41) is 0. The van der Waals surface area contributed by atoms with Crippen LogP contribution in [0.15, 0.2) is 0 Å². The van der Waals surface area contributed by atoms with Crippen LogP contribution in [-0.2, 0) is 9.53 Å². The zero-order valence-electron chi connectivity index (χ0n) is 11.2. The minimum Gasteiger partial charge on any atom is -0.368 e. The first kappa shape index (κ1) is 12.9. The molecule has 2 saturated heterocycles. The van der Waals surface area contributed by atoms with Crippen molar-refractivity contribution in [1.82, 2.24) is 4.90 Å². The number of carbonyl (C=O) groups is 1. The Morgan fingerprint density at radius 1 is 1.18 bits per heavy atom. The van der Waals surface area contributed by atoms with E-state index in [1.54, 1.807) is 0 Å². The van der Waals surface area contributed by atoms with Gasteiger partial charge in [0.2, 0.25) is 0 Å². The molecule has 0 unspecified atom stereocenters. The van der Waals surface area contributed by atoms with Crippen molar-refractivity contribution in [2.45, 2.75) is 52.1 Å². The number of hydrogen-bond acceptors (Lipinski definition) is 2. The van der Waals surface area contributed by atoms with Crippen LogP contribution in [0.5, 0.6) is 0 Å². The molecule has 0 saturated carbocycles. The third-order valence-electron chi connectivity index (χ3n) is 4.23. The van der Waals surface area contributed by atoms with Gasteiger partial charge in [-0.1, -0.05) is 13.8 Å². The summed E-state index contributed by atoms with van der Waals surface area (Å²) in [7, 11) is 0. The van der Waals surface area contributed by atoms with Crippen molar-refractivity contribution in [3.05, 3.63) is 0 Å². The summed E-state index contributed by atoms with van der Waals surface area (Å²) < 4.78 is 5.49. The van der Waals surface area contributed by atoms with E-state index in [-0.39, 0.29) is 12.0 Å². The lowest BCUT2D eigenvalue weighted by Crippen LogP contribution is -2.39. The van der Waals surface area contributed by atoms with Crippen LogP contribution >= 0.6 is 0 Å². The van der Waals surface area contributed by atoms with E-state index in [9.17, 15) is 4.79 Å². The summed E-state index contributed by atoms with van der Waals surface area (Å²) >= 11 is 0. The van der Waals surface area contributed by atoms with Gasteiger partial charge in [-0.2, -0.15) is 0 Å². The fraction of sp³-hybridized carbons (Fsp3) is 0.929. The van der Waals surface area contributed by atoms with Crippen molar-refractivity contribution >= 4 is 5.91 Å². The SMILES string of the molecule is CC(C)[C@@H]1CCCN(C(=O)[C@H]2CCCO2)CC1. The zero-order chi connectivity index (χ0) is 12.3. The Kier molecular flexibility index (Phi) is 4.43. The molecule has 0 spiro atoms. The van der Waals surface area contributed by atoms with Gasteiger partial charge in [-0.05, 0) is 43.9 Å². The number of rotatable bonds is 2. The Hall–Kier alpha value is -0.570. The molecule has 2 rings (SSSR count). The molecule has 2 fully saturated rings. The van der Waals surface area contributed by atoms with Crippen molar-refractivity contribution < 1.29 is 9.53 Å². The van der Waals surface area contributed by atoms with Gasteiger partial charge < -0.3 is 9.64 Å². The molecule has 2 aliphatic heterocycles. The van der Waals surface area contributed by atoms with Crippen LogP contribution in [-0.4, -0.2) is 36.6 Å². The van der Waals surface area contributed by atoms with Gasteiger partial charge in [0.15, 0.2) is 0 Å². The highest BCUT2D eigenvalue weighted by Gasteiger charge is 2.30. The molecule has 0 aliphatic carbocycles. The van der Waals surface area contributed by atoms with Crippen molar-refractivity contribution in [3.8, 4) is 0 Å². The van der Waals surface area contributed by atoms with E-state index in [1.165, 1.54) is 6.42 Å². The average Bonchev–Trinajstić information content (AvgIpc) is 2.71. The first-order valence-corrected chi connectivity index (χ1v) is 7.09. The average molecular weight is 239 g/mol. The number of likely N-dealkylation sites (tertiary alicyclic amines) is 1. The Balaban J connectivity index is 1.87. The van der Waals surface area contributed by atoms with Gasteiger partial charge in [0.1, 0.15) is 6.10 Å². The highest BCUT2D eigenvalue weighted by molar-refractivity contribution is 5.81. The number of hydrogen-bond donors (Lipinski definition) is 0. The van der Waals surface area contributed by atoms with Crippen molar-refractivity contribution in [3.63, 3.8) is 0 Å². The summed E-state index contributed by atoms with van der Waals surface area (Å²) in [5.74, 6) is 1.77. The smallest absolute Gasteiger partial charge is 0.251 e. The molecule has 1 amide bonds. The van der Waals surface area contributed by atoms with E-state index in [0.29, 0.717) is 0 Å². The van der Waals surface area contributed by atoms with Crippen molar-refractivity contribution in [1.29, 1.82) is 0 Å². The maximum absolute atomic E-state index is 12.2. The summed E-state index contributed by atoms with van der Waals surface area (Å²) in [4.78, 5) is 14.3. The third kappa shape index (κ3) is 3.21. The van der Waals surface area contributed by atoms with Gasteiger partial charge in [0.25, 0.3) is 5.91 Å². The second-order valence-corrected chi connectivity index (χ2v) is 5.76. The summed E-state index contributed by atoms with van der Waals surface area (Å²) in [6.07, 6.45) is 5.41. The highest BCUT2D eigenvalue weighted by atomic mass is 16.5. The minimum absolute atomic E-state index is 0.134. The summed E-state index contributed by atoms with van der Waals surface area (Å²) in [5.41, 5.74) is 0. The van der Waals surface area contributed by atoms with Crippen LogP contribution in [0, 0.1) is 11.8 Å². The number of amides is 1. The van der Waals surface area contributed by atoms with Gasteiger partial charge >= 0.3 is 0 Å². The molecule has 2 atom stereocenters. The van der Waals surface area contributed by atoms with Crippen molar-refractivity contribution in [2.24, 2.45) is 11.8 Å². The molecule has 3 nitrogen and oxygen atoms in total. The molecule has 0 aromatic heterocycles. The molecule has 0 bridgehead atoms. The lowest BCUT2D eigenvalue weighted by atomic mass is 9.89. The molecule has 0 aromatic rings. The zero-order valence-corrected chi connectivity index (χ0v) is 11.2. The molecule has 3 heteroatoms. The fourth-order valence-corrected chi connectivity index (χ4v) is 2.99. The number of carbonyl (C=O) groups excluding carboxylic acids is 1. The van der Waals surface area contributed by atoms with Crippen LogP contribution in [0.1, 0.15) is 46.0 Å². The lowest BCUT2D eigenvalue weighted by Gasteiger charge is -2.24. The predicted molar refractivity (Wildman–Crippen MR) is 67.7 cm³/mol. The second-order valence-electron chi connectivity index (χ2n) is 5.76. The molecule has 17 heavy (non-hydrogen) atoms. The van der Waals surface area contributed by atoms with E-state index in [2.05, 4.69) is 13.8 Å². The maximum Gasteiger partial charge on any atom is 0.251 e. The quantitative estimate of drug-likeness (QED) is 0.741. The molecule has 0 radical (unpaired) electrons. The van der Waals surface area contributed by atoms with E-state index >= 15 is 0 Å². The normalized spacial score (nSPS) is 30.6. The number of ether oxygens (including phenoxy) is 1. The third-order valence-corrected chi connectivity index (χ3v) is 4.23. The maximum atomic E-state index is 12.2. The highest BCUT2D eigenvalue weighted by Crippen LogP contribution is 2.25. The lowest BCUT2D eigenvalue weighted by molar-refractivity contribution is -0.140. The topological polar surface area (TPSA) is 29.5 Å². The van der Waals surface area contributed by atoms with Crippen LogP contribution in [0.4, 0.5) is 0 Å². The molecule has 2 heterocycles. The second kappa shape index (κ2) is 5.85. The Morgan fingerprint density at radius 2 is 2.00 bits per heavy atom. The van der Waals surface area contributed by atoms with Gasteiger partial charge in [0, 0.05) is 19.7 Å². The standard InChI is InChI=1S/C14H25NO2/c1-11(2)12-5-3-8-15(9-7-12)14(16)13-6-4-10-17-13/h11-13H,3-10H2,1-2H3/t12-,13-/m1/s1. The first-order valence-electron chi connectivity index (χ1n) is 7.09. The summed E-state index contributed by atoms with van der Waals surface area (Å²) in [6, 6.07) is 0. The van der Waals surface area contributed by atoms with Gasteiger partial charge in [-0.25, -0.2) is 0 Å². The number of nitrogens with zero attached hydrogens (tertiary/aromatic N) is 1. The first-order chi connectivity index (χ1) is 8.18.